The number of carbonyl (C=O) groups excluding carboxylic acids is 1. The van der Waals surface area contributed by atoms with Crippen molar-refractivity contribution in [1.29, 1.82) is 0 Å². The topological polar surface area (TPSA) is 114 Å². The van der Waals surface area contributed by atoms with E-state index in [2.05, 4.69) is 15.6 Å². The van der Waals surface area contributed by atoms with E-state index in [0.29, 0.717) is 11.3 Å². The van der Waals surface area contributed by atoms with Gasteiger partial charge in [0.05, 0.1) is 0 Å². The normalized spacial score (nSPS) is 11.8. The molecule has 0 fully saturated rings. The van der Waals surface area contributed by atoms with Gasteiger partial charge in [0.1, 0.15) is 17.4 Å². The molecule has 0 saturated heterocycles. The molecule has 1 unspecified atom stereocenters. The standard InChI is InChI=1S/C24H20N4O3/c1-14-4-2-5-15(12-14)16-6-3-7-17(13-16)19(24(25)31)28-21-20(22(29)23(21)30)27-18-8-10-26-11-9-18/h2-13,19,28H,1H3,(H2,25,31)(H,26,27). The lowest BCUT2D eigenvalue weighted by Gasteiger charge is -2.21. The molecule has 0 bridgehead atoms. The van der Waals surface area contributed by atoms with E-state index in [4.69, 9.17) is 5.73 Å². The zero-order valence-electron chi connectivity index (χ0n) is 16.8. The zero-order valence-corrected chi connectivity index (χ0v) is 16.8. The summed E-state index contributed by atoms with van der Waals surface area (Å²) in [7, 11) is 0. The minimum Gasteiger partial charge on any atom is -0.368 e. The minimum absolute atomic E-state index is 0.0339. The number of nitrogens with one attached hydrogen (secondary N) is 2. The van der Waals surface area contributed by atoms with Gasteiger partial charge in [0.25, 0.3) is 10.9 Å². The zero-order chi connectivity index (χ0) is 22.0. The van der Waals surface area contributed by atoms with E-state index in [1.165, 1.54) is 0 Å². The number of nitrogens with zero attached hydrogens (tertiary/aromatic N) is 1. The number of anilines is 3. The predicted molar refractivity (Wildman–Crippen MR) is 121 cm³/mol. The Morgan fingerprint density at radius 3 is 2.23 bits per heavy atom. The van der Waals surface area contributed by atoms with Gasteiger partial charge in [-0.15, -0.1) is 0 Å². The molecule has 7 nitrogen and oxygen atoms in total. The fraction of sp³-hybridized carbons (Fsp3) is 0.0833. The van der Waals surface area contributed by atoms with Crippen molar-refractivity contribution in [3.63, 3.8) is 0 Å². The first-order valence-electron chi connectivity index (χ1n) is 9.67. The smallest absolute Gasteiger partial charge is 0.253 e. The van der Waals surface area contributed by atoms with Crippen LogP contribution in [0.5, 0.6) is 0 Å². The molecule has 0 aliphatic rings. The molecule has 0 radical (unpaired) electrons. The van der Waals surface area contributed by atoms with Crippen molar-refractivity contribution in [2.45, 2.75) is 13.0 Å². The van der Waals surface area contributed by atoms with Gasteiger partial charge in [0.15, 0.2) is 0 Å². The van der Waals surface area contributed by atoms with E-state index in [-0.39, 0.29) is 11.4 Å². The van der Waals surface area contributed by atoms with Gasteiger partial charge in [-0.25, -0.2) is 0 Å². The molecule has 1 amide bonds. The number of carbonyl (C=O) groups is 1. The molecule has 4 aromatic rings. The van der Waals surface area contributed by atoms with Crippen molar-refractivity contribution in [2.75, 3.05) is 10.6 Å². The monoisotopic (exact) mass is 412 g/mol. The maximum Gasteiger partial charge on any atom is 0.253 e. The SMILES string of the molecule is Cc1cccc(-c2cccc(C(Nc3c(Nc4ccncc4)c(=O)c3=O)C(N)=O)c2)c1. The highest BCUT2D eigenvalue weighted by atomic mass is 16.2. The van der Waals surface area contributed by atoms with E-state index >= 15 is 0 Å². The van der Waals surface area contributed by atoms with Crippen molar-refractivity contribution in [1.82, 2.24) is 4.98 Å². The molecule has 0 aliphatic heterocycles. The van der Waals surface area contributed by atoms with Crippen LogP contribution < -0.4 is 27.2 Å². The number of pyridine rings is 1. The van der Waals surface area contributed by atoms with Crippen LogP contribution in [-0.4, -0.2) is 10.9 Å². The number of rotatable bonds is 7. The Bertz CT molecular complexity index is 1320. The van der Waals surface area contributed by atoms with Crippen molar-refractivity contribution >= 4 is 23.0 Å². The summed E-state index contributed by atoms with van der Waals surface area (Å²) in [6.45, 7) is 2.00. The second kappa shape index (κ2) is 8.23. The molecule has 1 atom stereocenters. The number of aromatic nitrogens is 1. The van der Waals surface area contributed by atoms with Crippen LogP contribution in [0.15, 0.2) is 82.6 Å². The van der Waals surface area contributed by atoms with Crippen LogP contribution in [0.4, 0.5) is 17.1 Å². The van der Waals surface area contributed by atoms with Gasteiger partial charge in [-0.2, -0.15) is 0 Å². The van der Waals surface area contributed by atoms with Crippen molar-refractivity contribution in [2.24, 2.45) is 5.73 Å². The maximum atomic E-state index is 12.2. The number of hydrogen-bond acceptors (Lipinski definition) is 6. The molecular formula is C24H20N4O3. The van der Waals surface area contributed by atoms with Gasteiger partial charge in [-0.05, 0) is 41.8 Å². The van der Waals surface area contributed by atoms with Crippen LogP contribution in [0.25, 0.3) is 11.1 Å². The van der Waals surface area contributed by atoms with Crippen LogP contribution in [0.1, 0.15) is 17.2 Å². The van der Waals surface area contributed by atoms with Crippen molar-refractivity contribution in [3.05, 3.63) is 105 Å². The van der Waals surface area contributed by atoms with E-state index in [0.717, 1.165) is 16.7 Å². The number of aryl methyl sites for hydroxylation is 1. The maximum absolute atomic E-state index is 12.2. The second-order valence-corrected chi connectivity index (χ2v) is 7.24. The average Bonchev–Trinajstić information content (AvgIpc) is 2.79. The first kappa shape index (κ1) is 20.0. The molecule has 31 heavy (non-hydrogen) atoms. The average molecular weight is 412 g/mol. The molecule has 7 heteroatoms. The van der Waals surface area contributed by atoms with E-state index in [1.54, 1.807) is 30.6 Å². The molecule has 4 rings (SSSR count). The lowest BCUT2D eigenvalue weighted by molar-refractivity contribution is -0.118. The van der Waals surface area contributed by atoms with Gasteiger partial charge in [-0.1, -0.05) is 48.0 Å². The quantitative estimate of drug-likeness (QED) is 0.402. The largest absolute Gasteiger partial charge is 0.368 e. The number of primary amides is 1. The predicted octanol–water partition coefficient (Wildman–Crippen LogP) is 3.04. The highest BCUT2D eigenvalue weighted by molar-refractivity contribution is 5.88. The molecule has 0 spiro atoms. The van der Waals surface area contributed by atoms with Gasteiger partial charge in [-0.3, -0.25) is 19.4 Å². The first-order valence-corrected chi connectivity index (χ1v) is 9.67. The fourth-order valence-electron chi connectivity index (χ4n) is 3.41. The molecule has 0 saturated carbocycles. The summed E-state index contributed by atoms with van der Waals surface area (Å²) in [6.07, 6.45) is 3.12. The summed E-state index contributed by atoms with van der Waals surface area (Å²) in [5.74, 6) is -0.663. The number of hydrogen-bond donors (Lipinski definition) is 3. The Morgan fingerprint density at radius 1 is 0.903 bits per heavy atom. The Labute approximate surface area is 178 Å². The number of nitrogens with two attached hydrogens (primary N) is 1. The summed E-state index contributed by atoms with van der Waals surface area (Å²) in [6, 6.07) is 17.7. The summed E-state index contributed by atoms with van der Waals surface area (Å²) in [5, 5.41) is 5.77. The van der Waals surface area contributed by atoms with Crippen LogP contribution in [0, 0.1) is 6.92 Å². The highest BCUT2D eigenvalue weighted by Crippen LogP contribution is 2.28. The van der Waals surface area contributed by atoms with Gasteiger partial charge in [0.2, 0.25) is 5.91 Å². The first-order chi connectivity index (χ1) is 14.9. The Hall–Kier alpha value is -4.26. The minimum atomic E-state index is -0.981. The molecule has 0 aliphatic carbocycles. The van der Waals surface area contributed by atoms with Gasteiger partial charge in [0, 0.05) is 18.1 Å². The van der Waals surface area contributed by atoms with E-state index < -0.39 is 22.8 Å². The molecular weight excluding hydrogens is 392 g/mol. The Morgan fingerprint density at radius 2 is 1.55 bits per heavy atom. The third-order valence-electron chi connectivity index (χ3n) is 5.00. The number of amides is 1. The van der Waals surface area contributed by atoms with Gasteiger partial charge < -0.3 is 16.4 Å². The van der Waals surface area contributed by atoms with Crippen LogP contribution in [0.3, 0.4) is 0 Å². The van der Waals surface area contributed by atoms with E-state index in [1.807, 2.05) is 49.4 Å². The van der Waals surface area contributed by atoms with Crippen LogP contribution >= 0.6 is 0 Å². The molecule has 154 valence electrons. The van der Waals surface area contributed by atoms with Crippen molar-refractivity contribution in [3.8, 4) is 11.1 Å². The summed E-state index contributed by atoms with van der Waals surface area (Å²) >= 11 is 0. The van der Waals surface area contributed by atoms with Crippen LogP contribution in [-0.2, 0) is 4.79 Å². The summed E-state index contributed by atoms with van der Waals surface area (Å²) in [5.41, 5.74) is 8.63. The Balaban J connectivity index is 1.66. The lowest BCUT2D eigenvalue weighted by atomic mass is 9.97. The van der Waals surface area contributed by atoms with Gasteiger partial charge >= 0.3 is 0 Å². The number of benzene rings is 2. The summed E-state index contributed by atoms with van der Waals surface area (Å²) in [4.78, 5) is 40.5. The van der Waals surface area contributed by atoms with Crippen LogP contribution in [0.2, 0.25) is 0 Å². The molecule has 4 N–H and O–H groups in total. The third-order valence-corrected chi connectivity index (χ3v) is 5.00. The Kier molecular flexibility index (Phi) is 5.32. The highest BCUT2D eigenvalue weighted by Gasteiger charge is 2.27. The van der Waals surface area contributed by atoms with E-state index in [9.17, 15) is 14.4 Å². The fourth-order valence-corrected chi connectivity index (χ4v) is 3.41. The molecule has 1 aromatic heterocycles. The summed E-state index contributed by atoms with van der Waals surface area (Å²) < 4.78 is 0. The third kappa shape index (κ3) is 4.06. The lowest BCUT2D eigenvalue weighted by Crippen LogP contribution is -2.39. The second-order valence-electron chi connectivity index (χ2n) is 7.24. The molecule has 1 heterocycles. The molecule has 3 aromatic carbocycles. The van der Waals surface area contributed by atoms with Crippen molar-refractivity contribution < 1.29 is 4.79 Å².